The summed E-state index contributed by atoms with van der Waals surface area (Å²) in [5.41, 5.74) is 1.87. The molecule has 0 atom stereocenters. The second-order valence-corrected chi connectivity index (χ2v) is 7.16. The minimum atomic E-state index is -1.34. The summed E-state index contributed by atoms with van der Waals surface area (Å²) in [6.07, 6.45) is 1.68. The largest absolute Gasteiger partial charge is 0.548 e. The number of carbonyl (C=O) groups is 2. The number of carboxylic acids is 1. The number of aliphatic carboxylic acids is 1. The summed E-state index contributed by atoms with van der Waals surface area (Å²) in [5.74, 6) is -1.05. The van der Waals surface area contributed by atoms with Crippen molar-refractivity contribution < 1.29 is 19.4 Å². The minimum absolute atomic E-state index is 0.216. The van der Waals surface area contributed by atoms with Crippen LogP contribution in [0.4, 0.5) is 0 Å². The molecule has 132 valence electrons. The third-order valence-electron chi connectivity index (χ3n) is 3.59. The van der Waals surface area contributed by atoms with E-state index in [2.05, 4.69) is 0 Å². The fourth-order valence-corrected chi connectivity index (χ4v) is 3.57. The van der Waals surface area contributed by atoms with Crippen LogP contribution in [0.25, 0.3) is 6.08 Å². The Kier molecular flexibility index (Phi) is 5.70. The molecule has 0 spiro atoms. The van der Waals surface area contributed by atoms with E-state index >= 15 is 0 Å². The molecule has 0 unspecified atom stereocenters. The van der Waals surface area contributed by atoms with Crippen LogP contribution in [0.15, 0.2) is 59.5 Å². The molecule has 0 aromatic heterocycles. The van der Waals surface area contributed by atoms with Crippen LogP contribution in [-0.2, 0) is 16.2 Å². The van der Waals surface area contributed by atoms with Gasteiger partial charge in [-0.2, -0.15) is 0 Å². The Morgan fingerprint density at radius 3 is 2.50 bits per heavy atom. The van der Waals surface area contributed by atoms with Crippen molar-refractivity contribution in [3.63, 3.8) is 0 Å². The van der Waals surface area contributed by atoms with Crippen LogP contribution in [0, 0.1) is 0 Å². The summed E-state index contributed by atoms with van der Waals surface area (Å²) >= 11 is 6.12. The molecular weight excluding hydrogens is 370 g/mol. The molecule has 5 nitrogen and oxygen atoms in total. The van der Waals surface area contributed by atoms with Gasteiger partial charge in [-0.1, -0.05) is 66.4 Å². The number of nitrogens with zero attached hydrogens (tertiary/aromatic N) is 1. The number of hydrogen-bond donors (Lipinski definition) is 0. The number of benzene rings is 2. The van der Waals surface area contributed by atoms with Gasteiger partial charge in [0.05, 0.1) is 17.4 Å². The third kappa shape index (κ3) is 4.50. The van der Waals surface area contributed by atoms with Crippen LogP contribution < -0.4 is 9.84 Å². The first kappa shape index (κ1) is 18.2. The molecule has 26 heavy (non-hydrogen) atoms. The topological polar surface area (TPSA) is 69.7 Å². The standard InChI is InChI=1S/C19H15NO4S2/c21-17(22)11-20-18(23)16(26-19(20)25)10-13-6-8-15(9-7-13)24-12-14-4-2-1-3-5-14/h1-10H,11-12H2,(H,21,22)/p-1. The van der Waals surface area contributed by atoms with Gasteiger partial charge in [-0.3, -0.25) is 9.69 Å². The molecule has 1 aliphatic heterocycles. The molecule has 1 fully saturated rings. The number of amides is 1. The second kappa shape index (κ2) is 8.16. The summed E-state index contributed by atoms with van der Waals surface area (Å²) in [7, 11) is 0. The molecule has 2 aromatic rings. The second-order valence-electron chi connectivity index (χ2n) is 5.48. The van der Waals surface area contributed by atoms with Crippen molar-refractivity contribution >= 4 is 46.3 Å². The van der Waals surface area contributed by atoms with E-state index in [0.29, 0.717) is 11.5 Å². The quantitative estimate of drug-likeness (QED) is 0.562. The normalized spacial score (nSPS) is 15.5. The lowest BCUT2D eigenvalue weighted by atomic mass is 10.2. The van der Waals surface area contributed by atoms with E-state index in [1.807, 2.05) is 54.6 Å². The first-order valence-electron chi connectivity index (χ1n) is 7.75. The van der Waals surface area contributed by atoms with Gasteiger partial charge in [0.15, 0.2) is 0 Å². The highest BCUT2D eigenvalue weighted by Crippen LogP contribution is 2.32. The van der Waals surface area contributed by atoms with Gasteiger partial charge in [-0.05, 0) is 29.3 Å². The summed E-state index contributed by atoms with van der Waals surface area (Å²) < 4.78 is 5.94. The molecular formula is C19H14NO4S2-. The van der Waals surface area contributed by atoms with E-state index in [1.54, 1.807) is 6.08 Å². The van der Waals surface area contributed by atoms with Gasteiger partial charge in [0.25, 0.3) is 5.91 Å². The number of thiocarbonyl (C=S) groups is 1. The van der Waals surface area contributed by atoms with Gasteiger partial charge >= 0.3 is 0 Å². The van der Waals surface area contributed by atoms with Crippen molar-refractivity contribution in [3.8, 4) is 5.75 Å². The zero-order chi connectivity index (χ0) is 18.5. The van der Waals surface area contributed by atoms with Gasteiger partial charge in [-0.15, -0.1) is 0 Å². The van der Waals surface area contributed by atoms with Crippen LogP contribution in [-0.4, -0.2) is 27.6 Å². The molecule has 3 rings (SSSR count). The predicted octanol–water partition coefficient (Wildman–Crippen LogP) is 2.22. The zero-order valence-electron chi connectivity index (χ0n) is 13.6. The lowest BCUT2D eigenvalue weighted by molar-refractivity contribution is -0.305. The number of ether oxygens (including phenoxy) is 1. The van der Waals surface area contributed by atoms with Crippen molar-refractivity contribution in [3.05, 3.63) is 70.6 Å². The molecule has 1 amide bonds. The lowest BCUT2D eigenvalue weighted by Gasteiger charge is -2.14. The SMILES string of the molecule is O=C([O-])CN1C(=O)C(=Cc2ccc(OCc3ccccc3)cc2)SC1=S. The van der Waals surface area contributed by atoms with E-state index in [0.717, 1.165) is 33.5 Å². The average molecular weight is 384 g/mol. The van der Waals surface area contributed by atoms with Gasteiger partial charge in [0.2, 0.25) is 0 Å². The maximum absolute atomic E-state index is 12.2. The van der Waals surface area contributed by atoms with Crippen molar-refractivity contribution in [2.24, 2.45) is 0 Å². The highest BCUT2D eigenvalue weighted by Gasteiger charge is 2.31. The Labute approximate surface area is 160 Å². The molecule has 0 radical (unpaired) electrons. The smallest absolute Gasteiger partial charge is 0.266 e. The number of carbonyl (C=O) groups excluding carboxylic acids is 2. The Morgan fingerprint density at radius 1 is 1.15 bits per heavy atom. The van der Waals surface area contributed by atoms with Crippen LogP contribution in [0.1, 0.15) is 11.1 Å². The molecule has 0 N–H and O–H groups in total. The number of hydrogen-bond acceptors (Lipinski definition) is 6. The van der Waals surface area contributed by atoms with Gasteiger partial charge in [-0.25, -0.2) is 0 Å². The minimum Gasteiger partial charge on any atom is -0.548 e. The molecule has 1 saturated heterocycles. The third-order valence-corrected chi connectivity index (χ3v) is 4.96. The van der Waals surface area contributed by atoms with Crippen molar-refractivity contribution in [1.82, 2.24) is 4.90 Å². The van der Waals surface area contributed by atoms with E-state index in [-0.39, 0.29) is 4.32 Å². The highest BCUT2D eigenvalue weighted by molar-refractivity contribution is 8.26. The molecule has 0 bridgehead atoms. The van der Waals surface area contributed by atoms with Crippen LogP contribution in [0.2, 0.25) is 0 Å². The summed E-state index contributed by atoms with van der Waals surface area (Å²) in [4.78, 5) is 24.3. The summed E-state index contributed by atoms with van der Waals surface area (Å²) in [6.45, 7) is -0.0592. The van der Waals surface area contributed by atoms with Crippen molar-refractivity contribution in [2.45, 2.75) is 6.61 Å². The highest BCUT2D eigenvalue weighted by atomic mass is 32.2. The number of thioether (sulfide) groups is 1. The Bertz CT molecular complexity index is 863. The Hall–Kier alpha value is -2.64. The van der Waals surface area contributed by atoms with E-state index in [9.17, 15) is 14.7 Å². The fraction of sp³-hybridized carbons (Fsp3) is 0.105. The van der Waals surface area contributed by atoms with Crippen LogP contribution >= 0.6 is 24.0 Å². The molecule has 7 heteroatoms. The number of rotatable bonds is 6. The predicted molar refractivity (Wildman–Crippen MR) is 102 cm³/mol. The molecule has 2 aromatic carbocycles. The average Bonchev–Trinajstić information content (AvgIpc) is 2.89. The van der Waals surface area contributed by atoms with E-state index in [1.165, 1.54) is 0 Å². The lowest BCUT2D eigenvalue weighted by Crippen LogP contribution is -2.40. The maximum atomic E-state index is 12.2. The van der Waals surface area contributed by atoms with Gasteiger partial charge in [0, 0.05) is 0 Å². The summed E-state index contributed by atoms with van der Waals surface area (Å²) in [5, 5.41) is 10.7. The summed E-state index contributed by atoms with van der Waals surface area (Å²) in [6, 6.07) is 17.1. The van der Waals surface area contributed by atoms with Crippen molar-refractivity contribution in [1.29, 1.82) is 0 Å². The van der Waals surface area contributed by atoms with E-state index in [4.69, 9.17) is 17.0 Å². The molecule has 0 aliphatic carbocycles. The Morgan fingerprint density at radius 2 is 1.85 bits per heavy atom. The van der Waals surface area contributed by atoms with Crippen LogP contribution in [0.3, 0.4) is 0 Å². The maximum Gasteiger partial charge on any atom is 0.266 e. The number of carboxylic acid groups (broad SMARTS) is 1. The molecule has 1 aliphatic rings. The van der Waals surface area contributed by atoms with Crippen LogP contribution in [0.5, 0.6) is 5.75 Å². The Balaban J connectivity index is 1.65. The molecule has 1 heterocycles. The first-order chi connectivity index (χ1) is 12.5. The molecule has 0 saturated carbocycles. The first-order valence-corrected chi connectivity index (χ1v) is 8.97. The zero-order valence-corrected chi connectivity index (χ0v) is 15.2. The van der Waals surface area contributed by atoms with Gasteiger partial charge < -0.3 is 14.6 Å². The fourth-order valence-electron chi connectivity index (χ4n) is 2.32. The van der Waals surface area contributed by atoms with Crippen molar-refractivity contribution in [2.75, 3.05) is 6.54 Å². The monoisotopic (exact) mass is 384 g/mol. The van der Waals surface area contributed by atoms with Gasteiger partial charge in [0.1, 0.15) is 16.7 Å². The van der Waals surface area contributed by atoms with E-state index < -0.39 is 18.4 Å².